The van der Waals surface area contributed by atoms with E-state index in [-0.39, 0.29) is 5.97 Å². The molecule has 2 rings (SSSR count). The summed E-state index contributed by atoms with van der Waals surface area (Å²) in [5, 5.41) is 1.11. The first-order valence-corrected chi connectivity index (χ1v) is 4.44. The van der Waals surface area contributed by atoms with Gasteiger partial charge in [0, 0.05) is 18.5 Å². The van der Waals surface area contributed by atoms with Crippen LogP contribution in [0.2, 0.25) is 0 Å². The van der Waals surface area contributed by atoms with E-state index in [1.165, 1.54) is 11.7 Å². The zero-order valence-corrected chi connectivity index (χ0v) is 8.15. The molecule has 3 heteroatoms. The van der Waals surface area contributed by atoms with Crippen molar-refractivity contribution >= 4 is 16.9 Å². The second kappa shape index (κ2) is 3.18. The summed E-state index contributed by atoms with van der Waals surface area (Å²) in [4.78, 5) is 15.8. The Kier molecular flexibility index (Phi) is 2.00. The molecule has 0 aliphatic rings. The lowest BCUT2D eigenvalue weighted by Gasteiger charge is -2.01. The Hall–Kier alpha value is -1.77. The molecule has 14 heavy (non-hydrogen) atoms. The highest BCUT2D eigenvalue weighted by atomic mass is 16.7. The third-order valence-electron chi connectivity index (χ3n) is 2.10. The minimum absolute atomic E-state index is 0.314. The van der Waals surface area contributed by atoms with E-state index in [1.54, 1.807) is 0 Å². The van der Waals surface area contributed by atoms with E-state index in [0.717, 1.165) is 16.5 Å². The predicted molar refractivity (Wildman–Crippen MR) is 53.9 cm³/mol. The number of carbonyl (C=O) groups is 1. The number of hydrogen-bond donors (Lipinski definition) is 0. The zero-order chi connectivity index (χ0) is 10.1. The minimum atomic E-state index is -0.314. The fraction of sp³-hybridized carbons (Fsp3) is 0.182. The number of nitrogens with zero attached hydrogens (tertiary/aromatic N) is 1. The van der Waals surface area contributed by atoms with Gasteiger partial charge in [-0.25, -0.2) is 4.79 Å². The van der Waals surface area contributed by atoms with Crippen LogP contribution in [0.1, 0.15) is 12.5 Å². The molecule has 0 saturated heterocycles. The molecule has 0 saturated carbocycles. The van der Waals surface area contributed by atoms with Crippen molar-refractivity contribution in [3.63, 3.8) is 0 Å². The summed E-state index contributed by atoms with van der Waals surface area (Å²) in [7, 11) is 0. The molecule has 1 heterocycles. The third-order valence-corrected chi connectivity index (χ3v) is 2.10. The van der Waals surface area contributed by atoms with Crippen molar-refractivity contribution in [2.24, 2.45) is 0 Å². The van der Waals surface area contributed by atoms with E-state index >= 15 is 0 Å². The first kappa shape index (κ1) is 8.81. The molecule has 0 unspecified atom stereocenters. The smallest absolute Gasteiger partial charge is 0.329 e. The van der Waals surface area contributed by atoms with Gasteiger partial charge in [0.25, 0.3) is 0 Å². The minimum Gasteiger partial charge on any atom is -0.337 e. The van der Waals surface area contributed by atoms with Crippen molar-refractivity contribution in [3.05, 3.63) is 36.0 Å². The van der Waals surface area contributed by atoms with Gasteiger partial charge in [0.05, 0.1) is 5.52 Å². The number of aryl methyl sites for hydroxylation is 1. The highest BCUT2D eigenvalue weighted by molar-refractivity contribution is 5.84. The van der Waals surface area contributed by atoms with E-state index < -0.39 is 0 Å². The lowest BCUT2D eigenvalue weighted by Crippen LogP contribution is -2.14. The maximum Gasteiger partial charge on any atom is 0.329 e. The summed E-state index contributed by atoms with van der Waals surface area (Å²) in [6.07, 6.45) is 1.81. The van der Waals surface area contributed by atoms with Crippen molar-refractivity contribution in [1.82, 2.24) is 4.73 Å². The Balaban J connectivity index is 2.60. The summed E-state index contributed by atoms with van der Waals surface area (Å²) in [6.45, 7) is 3.38. The molecule has 0 atom stereocenters. The van der Waals surface area contributed by atoms with Crippen LogP contribution in [0.5, 0.6) is 0 Å². The van der Waals surface area contributed by atoms with E-state index in [4.69, 9.17) is 4.84 Å². The molecule has 0 amide bonds. The van der Waals surface area contributed by atoms with E-state index in [9.17, 15) is 4.79 Å². The molecule has 3 nitrogen and oxygen atoms in total. The number of rotatable bonds is 1. The van der Waals surface area contributed by atoms with E-state index in [1.807, 2.05) is 37.4 Å². The number of hydrogen-bond acceptors (Lipinski definition) is 2. The number of fused-ring (bicyclic) bond motifs is 1. The molecule has 0 spiro atoms. The number of benzene rings is 1. The lowest BCUT2D eigenvalue weighted by atomic mass is 10.2. The fourth-order valence-corrected chi connectivity index (χ4v) is 1.53. The van der Waals surface area contributed by atoms with Crippen LogP contribution in [0.25, 0.3) is 10.9 Å². The Morgan fingerprint density at radius 3 is 2.79 bits per heavy atom. The van der Waals surface area contributed by atoms with Crippen molar-refractivity contribution in [1.29, 1.82) is 0 Å². The summed E-state index contributed by atoms with van der Waals surface area (Å²) in [5.41, 5.74) is 2.02. The van der Waals surface area contributed by atoms with Gasteiger partial charge < -0.3 is 4.84 Å². The Morgan fingerprint density at radius 2 is 2.07 bits per heavy atom. The molecule has 0 radical (unpaired) electrons. The summed E-state index contributed by atoms with van der Waals surface area (Å²) in [5.74, 6) is -0.314. The summed E-state index contributed by atoms with van der Waals surface area (Å²) in [6, 6.07) is 7.81. The summed E-state index contributed by atoms with van der Waals surface area (Å²) >= 11 is 0. The Bertz CT molecular complexity index is 485. The van der Waals surface area contributed by atoms with Crippen LogP contribution in [0, 0.1) is 6.92 Å². The van der Waals surface area contributed by atoms with Gasteiger partial charge in [0.2, 0.25) is 0 Å². The second-order valence-electron chi connectivity index (χ2n) is 3.24. The first-order chi connectivity index (χ1) is 6.68. The van der Waals surface area contributed by atoms with Gasteiger partial charge in [-0.3, -0.25) is 0 Å². The van der Waals surface area contributed by atoms with Crippen molar-refractivity contribution in [3.8, 4) is 0 Å². The van der Waals surface area contributed by atoms with Crippen LogP contribution < -0.4 is 4.84 Å². The second-order valence-corrected chi connectivity index (χ2v) is 3.24. The molecule has 0 fully saturated rings. The molecular weight excluding hydrogens is 178 g/mol. The van der Waals surface area contributed by atoms with Crippen LogP contribution >= 0.6 is 0 Å². The Labute approximate surface area is 81.9 Å². The normalized spacial score (nSPS) is 10.4. The number of carbonyl (C=O) groups excluding carboxylic acids is 1. The van der Waals surface area contributed by atoms with Crippen molar-refractivity contribution in [2.75, 3.05) is 0 Å². The molecule has 0 aliphatic carbocycles. The molecule has 0 aliphatic heterocycles. The molecule has 1 aromatic carbocycles. The molecule has 2 aromatic rings. The van der Waals surface area contributed by atoms with Crippen LogP contribution in [0.3, 0.4) is 0 Å². The van der Waals surface area contributed by atoms with Crippen LogP contribution in [-0.2, 0) is 4.79 Å². The highest BCUT2D eigenvalue weighted by Gasteiger charge is 2.06. The first-order valence-electron chi connectivity index (χ1n) is 4.44. The van der Waals surface area contributed by atoms with Crippen LogP contribution in [0.15, 0.2) is 30.5 Å². The average Bonchev–Trinajstić information content (AvgIpc) is 2.44. The van der Waals surface area contributed by atoms with Gasteiger partial charge in [0.1, 0.15) is 0 Å². The van der Waals surface area contributed by atoms with Gasteiger partial charge in [-0.05, 0) is 18.6 Å². The molecule has 72 valence electrons. The van der Waals surface area contributed by atoms with Gasteiger partial charge in [0.15, 0.2) is 0 Å². The molecule has 0 N–H and O–H groups in total. The van der Waals surface area contributed by atoms with Gasteiger partial charge >= 0.3 is 5.97 Å². The maximum atomic E-state index is 10.8. The molecule has 1 aromatic heterocycles. The highest BCUT2D eigenvalue weighted by Crippen LogP contribution is 2.18. The fourth-order valence-electron chi connectivity index (χ4n) is 1.53. The summed E-state index contributed by atoms with van der Waals surface area (Å²) < 4.78 is 1.51. The molecular formula is C11H11NO2. The largest absolute Gasteiger partial charge is 0.337 e. The average molecular weight is 189 g/mol. The Morgan fingerprint density at radius 1 is 1.36 bits per heavy atom. The monoisotopic (exact) mass is 189 g/mol. The van der Waals surface area contributed by atoms with E-state index in [0.29, 0.717) is 0 Å². The van der Waals surface area contributed by atoms with Crippen molar-refractivity contribution < 1.29 is 9.63 Å². The van der Waals surface area contributed by atoms with Gasteiger partial charge in [-0.15, -0.1) is 0 Å². The van der Waals surface area contributed by atoms with Crippen LogP contribution in [0.4, 0.5) is 0 Å². The van der Waals surface area contributed by atoms with Gasteiger partial charge in [-0.2, -0.15) is 4.73 Å². The molecule has 0 bridgehead atoms. The van der Waals surface area contributed by atoms with Crippen molar-refractivity contribution in [2.45, 2.75) is 13.8 Å². The quantitative estimate of drug-likeness (QED) is 0.686. The number of para-hydroxylation sites is 1. The maximum absolute atomic E-state index is 10.8. The van der Waals surface area contributed by atoms with Gasteiger partial charge in [-0.1, -0.05) is 18.2 Å². The predicted octanol–water partition coefficient (Wildman–Crippen LogP) is 1.92. The van der Waals surface area contributed by atoms with E-state index in [2.05, 4.69) is 0 Å². The SMILES string of the molecule is CC(=O)On1cc(C)c2ccccc21. The topological polar surface area (TPSA) is 31.2 Å². The number of aromatic nitrogens is 1. The standard InChI is InChI=1S/C11H11NO2/c1-8-7-12(14-9(2)13)11-6-4-3-5-10(8)11/h3-7H,1-2H3. The third kappa shape index (κ3) is 1.37. The lowest BCUT2D eigenvalue weighted by molar-refractivity contribution is -0.140. The van der Waals surface area contributed by atoms with Crippen LogP contribution in [-0.4, -0.2) is 10.7 Å². The zero-order valence-electron chi connectivity index (χ0n) is 8.15.